The molecule has 23 heavy (non-hydrogen) atoms. The van der Waals surface area contributed by atoms with Gasteiger partial charge in [0.25, 0.3) is 0 Å². The number of benzene rings is 1. The lowest BCUT2D eigenvalue weighted by atomic mass is 10.1. The molecule has 1 rings (SSSR count). The van der Waals surface area contributed by atoms with Crippen LogP contribution in [0.4, 0.5) is 0 Å². The number of carbonyl (C=O) groups excluding carboxylic acids is 1. The maximum atomic E-state index is 11.7. The highest BCUT2D eigenvalue weighted by molar-refractivity contribution is 5.85. The van der Waals surface area contributed by atoms with Gasteiger partial charge >= 0.3 is 0 Å². The number of amides is 1. The van der Waals surface area contributed by atoms with Crippen molar-refractivity contribution in [1.82, 2.24) is 10.2 Å². The second-order valence-electron chi connectivity index (χ2n) is 6.12. The van der Waals surface area contributed by atoms with E-state index in [2.05, 4.69) is 43.2 Å². The van der Waals surface area contributed by atoms with E-state index in [-0.39, 0.29) is 36.8 Å². The first-order valence-corrected chi connectivity index (χ1v) is 7.68. The van der Waals surface area contributed by atoms with Crippen LogP contribution < -0.4 is 11.1 Å². The highest BCUT2D eigenvalue weighted by atomic mass is 35.5. The topological polar surface area (TPSA) is 58.4 Å². The number of hydrogen-bond donors (Lipinski definition) is 2. The minimum absolute atomic E-state index is 0. The Morgan fingerprint density at radius 1 is 1.22 bits per heavy atom. The molecule has 0 bridgehead atoms. The predicted molar refractivity (Wildman–Crippen MR) is 102 cm³/mol. The molecular formula is C17H31Cl2N3O. The molecule has 0 fully saturated rings. The van der Waals surface area contributed by atoms with Crippen molar-refractivity contribution in [3.8, 4) is 0 Å². The first kappa shape index (κ1) is 24.4. The summed E-state index contributed by atoms with van der Waals surface area (Å²) in [6.45, 7) is 7.79. The molecule has 0 aromatic heterocycles. The van der Waals surface area contributed by atoms with Crippen LogP contribution >= 0.6 is 24.8 Å². The van der Waals surface area contributed by atoms with Crippen molar-refractivity contribution in [3.63, 3.8) is 0 Å². The lowest BCUT2D eigenvalue weighted by Crippen LogP contribution is -2.26. The first-order chi connectivity index (χ1) is 9.88. The lowest BCUT2D eigenvalue weighted by Gasteiger charge is -2.21. The average molecular weight is 364 g/mol. The zero-order valence-corrected chi connectivity index (χ0v) is 16.2. The molecule has 0 radical (unpaired) electrons. The van der Waals surface area contributed by atoms with E-state index in [9.17, 15) is 4.79 Å². The fourth-order valence-electron chi connectivity index (χ4n) is 1.96. The Hall–Kier alpha value is -0.810. The zero-order valence-electron chi connectivity index (χ0n) is 14.5. The third kappa shape index (κ3) is 10.6. The second-order valence-corrected chi connectivity index (χ2v) is 6.12. The normalized spacial score (nSPS) is 11.6. The van der Waals surface area contributed by atoms with Gasteiger partial charge < -0.3 is 11.1 Å². The molecule has 1 unspecified atom stereocenters. The summed E-state index contributed by atoms with van der Waals surface area (Å²) < 4.78 is 0. The van der Waals surface area contributed by atoms with Crippen molar-refractivity contribution >= 4 is 30.7 Å². The van der Waals surface area contributed by atoms with E-state index in [1.807, 2.05) is 19.1 Å². The molecule has 1 aromatic rings. The highest BCUT2D eigenvalue weighted by Gasteiger charge is 2.06. The first-order valence-electron chi connectivity index (χ1n) is 7.68. The van der Waals surface area contributed by atoms with E-state index >= 15 is 0 Å². The summed E-state index contributed by atoms with van der Waals surface area (Å²) in [5, 5.41) is 2.95. The Morgan fingerprint density at radius 2 is 1.83 bits per heavy atom. The van der Waals surface area contributed by atoms with Gasteiger partial charge in [-0.3, -0.25) is 9.69 Å². The minimum Gasteiger partial charge on any atom is -0.352 e. The zero-order chi connectivity index (χ0) is 15.8. The van der Waals surface area contributed by atoms with Crippen LogP contribution in [0.1, 0.15) is 44.7 Å². The molecule has 0 saturated carbocycles. The molecule has 0 saturated heterocycles. The Morgan fingerprint density at radius 3 is 2.39 bits per heavy atom. The van der Waals surface area contributed by atoms with E-state index in [1.165, 1.54) is 5.56 Å². The number of carbonyl (C=O) groups is 1. The van der Waals surface area contributed by atoms with Gasteiger partial charge in [0, 0.05) is 31.6 Å². The fourth-order valence-corrected chi connectivity index (χ4v) is 1.96. The van der Waals surface area contributed by atoms with Crippen molar-refractivity contribution in [1.29, 1.82) is 0 Å². The summed E-state index contributed by atoms with van der Waals surface area (Å²) in [6, 6.07) is 8.97. The van der Waals surface area contributed by atoms with Gasteiger partial charge in [-0.05, 0) is 45.4 Å². The molecule has 134 valence electrons. The third-order valence-electron chi connectivity index (χ3n) is 3.62. The van der Waals surface area contributed by atoms with Gasteiger partial charge in [-0.15, -0.1) is 24.8 Å². The highest BCUT2D eigenvalue weighted by Crippen LogP contribution is 2.09. The van der Waals surface area contributed by atoms with E-state index in [0.29, 0.717) is 19.0 Å². The van der Waals surface area contributed by atoms with Gasteiger partial charge in [-0.2, -0.15) is 0 Å². The van der Waals surface area contributed by atoms with Crippen molar-refractivity contribution < 1.29 is 4.79 Å². The van der Waals surface area contributed by atoms with E-state index in [1.54, 1.807) is 0 Å². The van der Waals surface area contributed by atoms with E-state index < -0.39 is 0 Å². The van der Waals surface area contributed by atoms with E-state index in [4.69, 9.17) is 5.73 Å². The monoisotopic (exact) mass is 363 g/mol. The standard InChI is InChI=1S/C17H29N3O.2ClH/c1-13(2)20(4)12-16-7-5-6-15(10-16)11-19-17(21)9-8-14(3)18;;/h5-7,10,13-14H,8-9,11-12,18H2,1-4H3,(H,19,21);2*1H. The maximum Gasteiger partial charge on any atom is 0.220 e. The number of nitrogens with two attached hydrogens (primary N) is 1. The third-order valence-corrected chi connectivity index (χ3v) is 3.62. The molecule has 4 nitrogen and oxygen atoms in total. The summed E-state index contributed by atoms with van der Waals surface area (Å²) in [5.41, 5.74) is 8.06. The molecular weight excluding hydrogens is 333 g/mol. The fraction of sp³-hybridized carbons (Fsp3) is 0.588. The molecule has 1 amide bonds. The molecule has 3 N–H and O–H groups in total. The largest absolute Gasteiger partial charge is 0.352 e. The van der Waals surface area contributed by atoms with Gasteiger partial charge in [0.2, 0.25) is 5.91 Å². The molecule has 0 spiro atoms. The van der Waals surface area contributed by atoms with Crippen molar-refractivity contribution in [3.05, 3.63) is 35.4 Å². The van der Waals surface area contributed by atoms with Crippen LogP contribution in [0, 0.1) is 0 Å². The Balaban J connectivity index is 0. The smallest absolute Gasteiger partial charge is 0.220 e. The van der Waals surface area contributed by atoms with Gasteiger partial charge in [0.05, 0.1) is 0 Å². The summed E-state index contributed by atoms with van der Waals surface area (Å²) in [4.78, 5) is 14.0. The number of nitrogens with one attached hydrogen (secondary N) is 1. The lowest BCUT2D eigenvalue weighted by molar-refractivity contribution is -0.121. The van der Waals surface area contributed by atoms with Crippen LogP contribution in [0.25, 0.3) is 0 Å². The molecule has 0 heterocycles. The average Bonchev–Trinajstić information content (AvgIpc) is 2.43. The van der Waals surface area contributed by atoms with Crippen molar-refractivity contribution in [2.45, 2.75) is 58.8 Å². The van der Waals surface area contributed by atoms with Gasteiger partial charge in [-0.25, -0.2) is 0 Å². The van der Waals surface area contributed by atoms with Crippen LogP contribution in [-0.2, 0) is 17.9 Å². The van der Waals surface area contributed by atoms with E-state index in [0.717, 1.165) is 18.5 Å². The summed E-state index contributed by atoms with van der Waals surface area (Å²) in [6.07, 6.45) is 1.22. The SMILES string of the molecule is CC(N)CCC(=O)NCc1cccc(CN(C)C(C)C)c1.Cl.Cl. The second kappa shape index (κ2) is 12.6. The Labute approximate surface area is 153 Å². The van der Waals surface area contributed by atoms with Gasteiger partial charge in [-0.1, -0.05) is 24.3 Å². The summed E-state index contributed by atoms with van der Waals surface area (Å²) in [5.74, 6) is 0.0667. The molecule has 0 aliphatic heterocycles. The van der Waals surface area contributed by atoms with Gasteiger partial charge in [0.15, 0.2) is 0 Å². The van der Waals surface area contributed by atoms with Gasteiger partial charge in [0.1, 0.15) is 0 Å². The molecule has 0 aliphatic rings. The Bertz CT molecular complexity index is 453. The number of halogens is 2. The van der Waals surface area contributed by atoms with Crippen LogP contribution in [0.2, 0.25) is 0 Å². The minimum atomic E-state index is 0. The summed E-state index contributed by atoms with van der Waals surface area (Å²) >= 11 is 0. The molecule has 6 heteroatoms. The number of hydrogen-bond acceptors (Lipinski definition) is 3. The quantitative estimate of drug-likeness (QED) is 0.745. The van der Waals surface area contributed by atoms with Crippen LogP contribution in [0.5, 0.6) is 0 Å². The van der Waals surface area contributed by atoms with Crippen molar-refractivity contribution in [2.75, 3.05) is 7.05 Å². The number of rotatable bonds is 8. The molecule has 0 aliphatic carbocycles. The van der Waals surface area contributed by atoms with Crippen LogP contribution in [-0.4, -0.2) is 29.9 Å². The Kier molecular flexibility index (Phi) is 13.4. The number of nitrogens with zero attached hydrogens (tertiary/aromatic N) is 1. The predicted octanol–water partition coefficient (Wildman–Crippen LogP) is 3.11. The van der Waals surface area contributed by atoms with Crippen LogP contribution in [0.15, 0.2) is 24.3 Å². The molecule has 1 atom stereocenters. The maximum absolute atomic E-state index is 11.7. The van der Waals surface area contributed by atoms with Crippen molar-refractivity contribution in [2.24, 2.45) is 5.73 Å². The molecule has 1 aromatic carbocycles. The van der Waals surface area contributed by atoms with Crippen LogP contribution in [0.3, 0.4) is 0 Å². The summed E-state index contributed by atoms with van der Waals surface area (Å²) in [7, 11) is 2.12.